The van der Waals surface area contributed by atoms with Crippen molar-refractivity contribution in [3.8, 4) is 5.75 Å². The predicted octanol–water partition coefficient (Wildman–Crippen LogP) is 2.98. The number of aliphatic hydroxyl groups is 1. The summed E-state index contributed by atoms with van der Waals surface area (Å²) in [6.45, 7) is -0.0513. The molecule has 0 radical (unpaired) electrons. The summed E-state index contributed by atoms with van der Waals surface area (Å²) < 4.78 is 44.5. The maximum atomic E-state index is 13.0. The van der Waals surface area contributed by atoms with Gasteiger partial charge in [-0.15, -0.1) is 0 Å². The number of benzene rings is 1. The smallest absolute Gasteiger partial charge is 0.419 e. The maximum absolute atomic E-state index is 13.0. The van der Waals surface area contributed by atoms with Gasteiger partial charge in [0.2, 0.25) is 0 Å². The molecule has 0 spiro atoms. The van der Waals surface area contributed by atoms with Gasteiger partial charge in [-0.3, -0.25) is 0 Å². The summed E-state index contributed by atoms with van der Waals surface area (Å²) in [5.74, 6) is -0.139. The Morgan fingerprint density at radius 1 is 1.38 bits per heavy atom. The summed E-state index contributed by atoms with van der Waals surface area (Å²) in [6.07, 6.45) is -1.98. The largest absolute Gasteiger partial charge is 0.490 e. The highest BCUT2D eigenvalue weighted by Gasteiger charge is 2.38. The van der Waals surface area contributed by atoms with Crippen LogP contribution in [-0.4, -0.2) is 30.4 Å². The molecule has 1 aromatic rings. The summed E-state index contributed by atoms with van der Waals surface area (Å²) in [7, 11) is 1.75. The number of rotatable bonds is 4. The first kappa shape index (κ1) is 16.1. The zero-order chi connectivity index (χ0) is 15.5. The highest BCUT2D eigenvalue weighted by Crippen LogP contribution is 2.38. The Bertz CT molecular complexity index is 472. The molecule has 0 saturated heterocycles. The van der Waals surface area contributed by atoms with Crippen LogP contribution in [0.5, 0.6) is 5.75 Å². The Labute approximate surface area is 122 Å². The van der Waals surface area contributed by atoms with Crippen LogP contribution in [0.2, 0.25) is 0 Å². The third-order valence-electron chi connectivity index (χ3n) is 4.12. The van der Waals surface area contributed by atoms with E-state index in [1.54, 1.807) is 7.05 Å². The molecule has 1 aromatic carbocycles. The zero-order valence-electron chi connectivity index (χ0n) is 11.9. The van der Waals surface area contributed by atoms with Gasteiger partial charge in [-0.05, 0) is 38.4 Å². The molecule has 2 N–H and O–H groups in total. The van der Waals surface area contributed by atoms with Gasteiger partial charge in [0.1, 0.15) is 11.9 Å². The van der Waals surface area contributed by atoms with E-state index in [4.69, 9.17) is 4.74 Å². The molecule has 1 aliphatic rings. The van der Waals surface area contributed by atoms with Gasteiger partial charge in [-0.1, -0.05) is 12.1 Å². The van der Waals surface area contributed by atoms with Crippen molar-refractivity contribution in [1.29, 1.82) is 0 Å². The summed E-state index contributed by atoms with van der Waals surface area (Å²) in [4.78, 5) is 0. The van der Waals surface area contributed by atoms with Gasteiger partial charge in [0, 0.05) is 12.0 Å². The first-order valence-electron chi connectivity index (χ1n) is 7.03. The quantitative estimate of drug-likeness (QED) is 0.898. The summed E-state index contributed by atoms with van der Waals surface area (Å²) in [5, 5.41) is 12.6. The molecule has 6 heteroatoms. The summed E-state index contributed by atoms with van der Waals surface area (Å²) in [6, 6.07) is 5.25. The fourth-order valence-corrected chi connectivity index (χ4v) is 2.84. The SMILES string of the molecule is CNC1(CO)CCCC(Oc2ccccc2C(F)(F)F)C1. The minimum absolute atomic E-state index is 0.0513. The third-order valence-corrected chi connectivity index (χ3v) is 4.12. The number of nitrogens with one attached hydrogen (secondary N) is 1. The zero-order valence-corrected chi connectivity index (χ0v) is 11.9. The Balaban J connectivity index is 2.15. The van der Waals surface area contributed by atoms with E-state index in [2.05, 4.69) is 5.32 Å². The topological polar surface area (TPSA) is 41.5 Å². The molecule has 0 amide bonds. The van der Waals surface area contributed by atoms with Gasteiger partial charge >= 0.3 is 6.18 Å². The normalized spacial score (nSPS) is 26.6. The fourth-order valence-electron chi connectivity index (χ4n) is 2.84. The molecule has 118 valence electrons. The molecule has 0 aliphatic heterocycles. The second kappa shape index (κ2) is 6.23. The van der Waals surface area contributed by atoms with Crippen molar-refractivity contribution in [3.63, 3.8) is 0 Å². The number of hydrogen-bond acceptors (Lipinski definition) is 3. The first-order chi connectivity index (χ1) is 9.90. The van der Waals surface area contributed by atoms with Gasteiger partial charge in [0.15, 0.2) is 0 Å². The molecule has 2 atom stereocenters. The van der Waals surface area contributed by atoms with E-state index in [9.17, 15) is 18.3 Å². The van der Waals surface area contributed by atoms with Crippen molar-refractivity contribution >= 4 is 0 Å². The van der Waals surface area contributed by atoms with E-state index in [0.29, 0.717) is 12.8 Å². The lowest BCUT2D eigenvalue weighted by Crippen LogP contribution is -2.52. The number of hydrogen-bond donors (Lipinski definition) is 2. The third kappa shape index (κ3) is 3.68. The molecule has 1 saturated carbocycles. The molecule has 2 unspecified atom stereocenters. The van der Waals surface area contributed by atoms with Crippen LogP contribution in [0.1, 0.15) is 31.2 Å². The number of halogens is 3. The standard InChI is InChI=1S/C15H20F3NO2/c1-19-14(10-20)8-4-5-11(9-14)21-13-7-3-2-6-12(13)15(16,17)18/h2-3,6-7,11,19-20H,4-5,8-10H2,1H3. The molecular weight excluding hydrogens is 283 g/mol. The lowest BCUT2D eigenvalue weighted by molar-refractivity contribution is -0.139. The molecule has 3 nitrogen and oxygen atoms in total. The van der Waals surface area contributed by atoms with Crippen LogP contribution in [-0.2, 0) is 6.18 Å². The second-order valence-corrected chi connectivity index (χ2v) is 5.52. The van der Waals surface area contributed by atoms with Gasteiger partial charge in [0.05, 0.1) is 12.2 Å². The van der Waals surface area contributed by atoms with E-state index in [-0.39, 0.29) is 18.5 Å². The maximum Gasteiger partial charge on any atom is 0.419 e. The van der Waals surface area contributed by atoms with E-state index in [0.717, 1.165) is 18.9 Å². The van der Waals surface area contributed by atoms with Gasteiger partial charge in [-0.2, -0.15) is 13.2 Å². The van der Waals surface area contributed by atoms with Crippen LogP contribution in [0, 0.1) is 0 Å². The van der Waals surface area contributed by atoms with E-state index < -0.39 is 17.3 Å². The van der Waals surface area contributed by atoms with E-state index >= 15 is 0 Å². The predicted molar refractivity (Wildman–Crippen MR) is 73.2 cm³/mol. The second-order valence-electron chi connectivity index (χ2n) is 5.52. The molecule has 0 aromatic heterocycles. The average Bonchev–Trinajstić information content (AvgIpc) is 2.47. The first-order valence-corrected chi connectivity index (χ1v) is 7.03. The number of alkyl halides is 3. The van der Waals surface area contributed by atoms with Crippen molar-refractivity contribution in [1.82, 2.24) is 5.32 Å². The van der Waals surface area contributed by atoms with Crippen LogP contribution < -0.4 is 10.1 Å². The molecule has 21 heavy (non-hydrogen) atoms. The van der Waals surface area contributed by atoms with Gasteiger partial charge < -0.3 is 15.2 Å². The number of para-hydroxylation sites is 1. The van der Waals surface area contributed by atoms with Crippen molar-refractivity contribution in [2.45, 2.75) is 43.5 Å². The van der Waals surface area contributed by atoms with Crippen molar-refractivity contribution < 1.29 is 23.0 Å². The molecule has 0 heterocycles. The van der Waals surface area contributed by atoms with Crippen molar-refractivity contribution in [2.75, 3.05) is 13.7 Å². The minimum atomic E-state index is -4.43. The monoisotopic (exact) mass is 303 g/mol. The molecule has 1 aliphatic carbocycles. The van der Waals surface area contributed by atoms with E-state index in [1.165, 1.54) is 18.2 Å². The molecule has 0 bridgehead atoms. The van der Waals surface area contributed by atoms with Crippen LogP contribution in [0.15, 0.2) is 24.3 Å². The number of aliphatic hydroxyl groups excluding tert-OH is 1. The Morgan fingerprint density at radius 2 is 2.10 bits per heavy atom. The van der Waals surface area contributed by atoms with Crippen LogP contribution in [0.25, 0.3) is 0 Å². The van der Waals surface area contributed by atoms with Crippen LogP contribution in [0.4, 0.5) is 13.2 Å². The average molecular weight is 303 g/mol. The van der Waals surface area contributed by atoms with Gasteiger partial charge in [-0.25, -0.2) is 0 Å². The van der Waals surface area contributed by atoms with Gasteiger partial charge in [0.25, 0.3) is 0 Å². The molecular formula is C15H20F3NO2. The summed E-state index contributed by atoms with van der Waals surface area (Å²) >= 11 is 0. The minimum Gasteiger partial charge on any atom is -0.490 e. The lowest BCUT2D eigenvalue weighted by atomic mass is 9.80. The Hall–Kier alpha value is -1.27. The van der Waals surface area contributed by atoms with Crippen molar-refractivity contribution in [2.24, 2.45) is 0 Å². The molecule has 2 rings (SSSR count). The van der Waals surface area contributed by atoms with Crippen LogP contribution >= 0.6 is 0 Å². The highest BCUT2D eigenvalue weighted by molar-refractivity contribution is 5.35. The lowest BCUT2D eigenvalue weighted by Gasteiger charge is -2.39. The fraction of sp³-hybridized carbons (Fsp3) is 0.600. The number of ether oxygens (including phenoxy) is 1. The Morgan fingerprint density at radius 3 is 2.71 bits per heavy atom. The highest BCUT2D eigenvalue weighted by atomic mass is 19.4. The van der Waals surface area contributed by atoms with E-state index in [1.807, 2.05) is 0 Å². The summed E-state index contributed by atoms with van der Waals surface area (Å²) in [5.41, 5.74) is -1.22. The number of likely N-dealkylation sites (N-methyl/N-ethyl adjacent to an activating group) is 1. The molecule has 1 fully saturated rings. The van der Waals surface area contributed by atoms with Crippen molar-refractivity contribution in [3.05, 3.63) is 29.8 Å². The van der Waals surface area contributed by atoms with Crippen LogP contribution in [0.3, 0.4) is 0 Å². The Kier molecular flexibility index (Phi) is 4.78.